The van der Waals surface area contributed by atoms with Crippen molar-refractivity contribution in [1.82, 2.24) is 0 Å². The smallest absolute Gasteiger partial charge is 0.170 e. The molecule has 0 fully saturated rings. The summed E-state index contributed by atoms with van der Waals surface area (Å²) in [7, 11) is 1.63. The molecule has 3 nitrogen and oxygen atoms in total. The van der Waals surface area contributed by atoms with Gasteiger partial charge in [-0.15, -0.1) is 0 Å². The molecule has 1 aliphatic heterocycles. The van der Waals surface area contributed by atoms with Crippen LogP contribution in [0.4, 0.5) is 0 Å². The molecular formula is C16H14O3. The lowest BCUT2D eigenvalue weighted by atomic mass is 9.96. The van der Waals surface area contributed by atoms with Crippen LogP contribution in [0.3, 0.4) is 0 Å². The summed E-state index contributed by atoms with van der Waals surface area (Å²) in [4.78, 5) is 12.1. The maximum absolute atomic E-state index is 12.1. The Labute approximate surface area is 111 Å². The lowest BCUT2D eigenvalue weighted by Crippen LogP contribution is -2.20. The molecule has 2 aromatic carbocycles. The fourth-order valence-corrected chi connectivity index (χ4v) is 2.28. The monoisotopic (exact) mass is 254 g/mol. The molecule has 0 saturated carbocycles. The van der Waals surface area contributed by atoms with E-state index in [4.69, 9.17) is 9.47 Å². The Bertz CT molecular complexity index is 602. The summed E-state index contributed by atoms with van der Waals surface area (Å²) in [5.74, 6) is 1.59. The van der Waals surface area contributed by atoms with E-state index in [1.54, 1.807) is 7.11 Å². The van der Waals surface area contributed by atoms with Gasteiger partial charge in [0.2, 0.25) is 0 Å². The van der Waals surface area contributed by atoms with Crippen molar-refractivity contribution in [1.29, 1.82) is 0 Å². The van der Waals surface area contributed by atoms with E-state index < -0.39 is 0 Å². The predicted octanol–water partition coefficient (Wildman–Crippen LogP) is 3.40. The summed E-state index contributed by atoms with van der Waals surface area (Å²) in [6.45, 7) is 0. The molecule has 19 heavy (non-hydrogen) atoms. The van der Waals surface area contributed by atoms with Gasteiger partial charge in [0.15, 0.2) is 5.78 Å². The highest BCUT2D eigenvalue weighted by atomic mass is 16.5. The zero-order valence-electron chi connectivity index (χ0n) is 10.6. The number of hydrogen-bond donors (Lipinski definition) is 0. The molecule has 0 amide bonds. The number of hydrogen-bond acceptors (Lipinski definition) is 3. The predicted molar refractivity (Wildman–Crippen MR) is 71.8 cm³/mol. The standard InChI is InChI=1S/C16H14O3/c1-18-12-8-6-11(7-9-12)16-10-14(17)13-4-2-3-5-15(13)19-16/h2-9,16H,10H2,1H3/t16-/m0/s1. The SMILES string of the molecule is COc1ccc([C@@H]2CC(=O)c3ccccc3O2)cc1. The molecule has 0 bridgehead atoms. The van der Waals surface area contributed by atoms with Crippen LogP contribution in [0.1, 0.15) is 28.4 Å². The average Bonchev–Trinajstić information content (AvgIpc) is 2.47. The average molecular weight is 254 g/mol. The lowest BCUT2D eigenvalue weighted by Gasteiger charge is -2.25. The number of rotatable bonds is 2. The molecule has 0 saturated heterocycles. The van der Waals surface area contributed by atoms with Crippen molar-refractivity contribution in [3.05, 3.63) is 59.7 Å². The maximum atomic E-state index is 12.1. The minimum atomic E-state index is -0.215. The van der Waals surface area contributed by atoms with Crippen LogP contribution in [-0.2, 0) is 0 Å². The molecule has 2 aromatic rings. The molecule has 0 aliphatic carbocycles. The number of carbonyl (C=O) groups excluding carboxylic acids is 1. The number of ketones is 1. The largest absolute Gasteiger partial charge is 0.497 e. The van der Waals surface area contributed by atoms with Gasteiger partial charge in [-0.1, -0.05) is 24.3 Å². The molecule has 3 heteroatoms. The Hall–Kier alpha value is -2.29. The molecule has 0 radical (unpaired) electrons. The Kier molecular flexibility index (Phi) is 2.95. The van der Waals surface area contributed by atoms with Crippen LogP contribution >= 0.6 is 0 Å². The minimum Gasteiger partial charge on any atom is -0.497 e. The number of Topliss-reactive ketones (excluding diaryl/α,β-unsaturated/α-hetero) is 1. The van der Waals surface area contributed by atoms with Gasteiger partial charge in [0.1, 0.15) is 17.6 Å². The van der Waals surface area contributed by atoms with Gasteiger partial charge < -0.3 is 9.47 Å². The van der Waals surface area contributed by atoms with Gasteiger partial charge in [-0.2, -0.15) is 0 Å². The quantitative estimate of drug-likeness (QED) is 0.824. The van der Waals surface area contributed by atoms with Gasteiger partial charge in [0, 0.05) is 0 Å². The van der Waals surface area contributed by atoms with Crippen molar-refractivity contribution in [2.45, 2.75) is 12.5 Å². The van der Waals surface area contributed by atoms with E-state index in [0.29, 0.717) is 17.7 Å². The first kappa shape index (κ1) is 11.8. The third kappa shape index (κ3) is 2.19. The van der Waals surface area contributed by atoms with Crippen LogP contribution in [-0.4, -0.2) is 12.9 Å². The van der Waals surface area contributed by atoms with Gasteiger partial charge in [-0.25, -0.2) is 0 Å². The lowest BCUT2D eigenvalue weighted by molar-refractivity contribution is 0.0850. The van der Waals surface area contributed by atoms with Gasteiger partial charge in [0.25, 0.3) is 0 Å². The first-order chi connectivity index (χ1) is 9.28. The number of carbonyl (C=O) groups is 1. The third-order valence-electron chi connectivity index (χ3n) is 3.32. The summed E-state index contributed by atoms with van der Waals surface area (Å²) < 4.78 is 11.0. The van der Waals surface area contributed by atoms with Gasteiger partial charge in [-0.05, 0) is 29.8 Å². The summed E-state index contributed by atoms with van der Waals surface area (Å²) in [5.41, 5.74) is 1.66. The third-order valence-corrected chi connectivity index (χ3v) is 3.32. The first-order valence-corrected chi connectivity index (χ1v) is 6.21. The van der Waals surface area contributed by atoms with Crippen LogP contribution < -0.4 is 9.47 Å². The van der Waals surface area contributed by atoms with E-state index in [0.717, 1.165) is 11.3 Å². The molecule has 3 rings (SSSR count). The number of fused-ring (bicyclic) bond motifs is 1. The molecule has 1 aliphatic rings. The molecule has 1 atom stereocenters. The summed E-state index contributed by atoms with van der Waals surface area (Å²) in [6.07, 6.45) is 0.164. The van der Waals surface area contributed by atoms with E-state index in [9.17, 15) is 4.79 Å². The van der Waals surface area contributed by atoms with E-state index in [1.807, 2.05) is 48.5 Å². The zero-order chi connectivity index (χ0) is 13.2. The summed E-state index contributed by atoms with van der Waals surface area (Å²) in [6, 6.07) is 15.0. The van der Waals surface area contributed by atoms with Gasteiger partial charge >= 0.3 is 0 Å². The first-order valence-electron chi connectivity index (χ1n) is 6.21. The van der Waals surface area contributed by atoms with Crippen molar-refractivity contribution < 1.29 is 14.3 Å². The number of benzene rings is 2. The Balaban J connectivity index is 1.90. The van der Waals surface area contributed by atoms with Crippen molar-refractivity contribution >= 4 is 5.78 Å². The number of ether oxygens (including phenoxy) is 2. The second kappa shape index (κ2) is 4.76. The molecular weight excluding hydrogens is 240 g/mol. The second-order valence-electron chi connectivity index (χ2n) is 4.50. The van der Waals surface area contributed by atoms with Crippen molar-refractivity contribution in [2.75, 3.05) is 7.11 Å². The Morgan fingerprint density at radius 3 is 2.58 bits per heavy atom. The topological polar surface area (TPSA) is 35.5 Å². The fraction of sp³-hybridized carbons (Fsp3) is 0.188. The maximum Gasteiger partial charge on any atom is 0.170 e. The van der Waals surface area contributed by atoms with E-state index in [1.165, 1.54) is 0 Å². The molecule has 0 spiro atoms. The van der Waals surface area contributed by atoms with Crippen LogP contribution in [0.15, 0.2) is 48.5 Å². The normalized spacial score (nSPS) is 17.5. The van der Waals surface area contributed by atoms with Crippen molar-refractivity contribution in [3.8, 4) is 11.5 Å². The van der Waals surface area contributed by atoms with E-state index in [2.05, 4.69) is 0 Å². The van der Waals surface area contributed by atoms with Crippen molar-refractivity contribution in [2.24, 2.45) is 0 Å². The van der Waals surface area contributed by atoms with Crippen LogP contribution in [0.25, 0.3) is 0 Å². The molecule has 0 unspecified atom stereocenters. The van der Waals surface area contributed by atoms with Crippen LogP contribution in [0.5, 0.6) is 11.5 Å². The van der Waals surface area contributed by atoms with Crippen LogP contribution in [0.2, 0.25) is 0 Å². The minimum absolute atomic E-state index is 0.127. The molecule has 0 aromatic heterocycles. The van der Waals surface area contributed by atoms with Gasteiger partial charge in [0.05, 0.1) is 19.1 Å². The highest BCUT2D eigenvalue weighted by molar-refractivity contribution is 5.99. The second-order valence-corrected chi connectivity index (χ2v) is 4.50. The van der Waals surface area contributed by atoms with E-state index >= 15 is 0 Å². The summed E-state index contributed by atoms with van der Waals surface area (Å²) >= 11 is 0. The van der Waals surface area contributed by atoms with Crippen molar-refractivity contribution in [3.63, 3.8) is 0 Å². The zero-order valence-corrected chi connectivity index (χ0v) is 10.6. The highest BCUT2D eigenvalue weighted by Gasteiger charge is 2.27. The number of methoxy groups -OCH3 is 1. The van der Waals surface area contributed by atoms with E-state index in [-0.39, 0.29) is 11.9 Å². The Morgan fingerprint density at radius 1 is 1.11 bits per heavy atom. The molecule has 96 valence electrons. The van der Waals surface area contributed by atoms with Gasteiger partial charge in [-0.3, -0.25) is 4.79 Å². The molecule has 0 N–H and O–H groups in total. The van der Waals surface area contributed by atoms with Crippen LogP contribution in [0, 0.1) is 0 Å². The highest BCUT2D eigenvalue weighted by Crippen LogP contribution is 2.34. The summed E-state index contributed by atoms with van der Waals surface area (Å²) in [5, 5.41) is 0. The fourth-order valence-electron chi connectivity index (χ4n) is 2.28. The molecule has 1 heterocycles. The number of para-hydroxylation sites is 1. The Morgan fingerprint density at radius 2 is 1.84 bits per heavy atom.